The highest BCUT2D eigenvalue weighted by Gasteiger charge is 2.26. The van der Waals surface area contributed by atoms with E-state index in [4.69, 9.17) is 9.72 Å². The van der Waals surface area contributed by atoms with Crippen LogP contribution in [0.15, 0.2) is 46.8 Å². The van der Waals surface area contributed by atoms with Gasteiger partial charge in [0, 0.05) is 25.5 Å². The zero-order valence-corrected chi connectivity index (χ0v) is 21.3. The number of hydrogen-bond acceptors (Lipinski definition) is 6. The molecule has 1 aliphatic carbocycles. The van der Waals surface area contributed by atoms with Gasteiger partial charge in [0.2, 0.25) is 5.95 Å². The van der Waals surface area contributed by atoms with Gasteiger partial charge in [-0.1, -0.05) is 50.1 Å². The summed E-state index contributed by atoms with van der Waals surface area (Å²) in [7, 11) is 1.68. The third-order valence-electron chi connectivity index (χ3n) is 6.74. The van der Waals surface area contributed by atoms with Crippen molar-refractivity contribution in [3.63, 3.8) is 0 Å². The molecule has 1 atom stereocenters. The van der Waals surface area contributed by atoms with Gasteiger partial charge in [-0.25, -0.2) is 4.98 Å². The molecule has 3 rings (SSSR count). The predicted octanol–water partition coefficient (Wildman–Crippen LogP) is 6.19. The van der Waals surface area contributed by atoms with Crippen molar-refractivity contribution in [2.45, 2.75) is 72.8 Å². The van der Waals surface area contributed by atoms with Gasteiger partial charge in [-0.15, -0.1) is 0 Å². The Labute approximate surface area is 200 Å². The zero-order valence-electron chi connectivity index (χ0n) is 21.3. The number of nitrogens with zero attached hydrogens (tertiary/aromatic N) is 4. The van der Waals surface area contributed by atoms with E-state index in [2.05, 4.69) is 66.1 Å². The third kappa shape index (κ3) is 6.92. The molecule has 0 bridgehead atoms. The van der Waals surface area contributed by atoms with Crippen LogP contribution in [-0.2, 0) is 0 Å². The molecule has 6 heteroatoms. The van der Waals surface area contributed by atoms with Crippen LogP contribution in [0.3, 0.4) is 0 Å². The highest BCUT2D eigenvalue weighted by Crippen LogP contribution is 2.35. The number of hydrogen-bond donors (Lipinski definition) is 1. The van der Waals surface area contributed by atoms with Crippen molar-refractivity contribution in [3.05, 3.63) is 41.8 Å². The first-order chi connectivity index (χ1) is 15.8. The summed E-state index contributed by atoms with van der Waals surface area (Å²) in [5.41, 5.74) is 2.91. The summed E-state index contributed by atoms with van der Waals surface area (Å²) in [5.74, 6) is 3.01. The van der Waals surface area contributed by atoms with E-state index in [1.807, 2.05) is 19.3 Å². The van der Waals surface area contributed by atoms with Crippen molar-refractivity contribution in [2.75, 3.05) is 30.4 Å². The van der Waals surface area contributed by atoms with Crippen LogP contribution in [0.1, 0.15) is 66.7 Å². The van der Waals surface area contributed by atoms with E-state index in [0.29, 0.717) is 5.75 Å². The van der Waals surface area contributed by atoms with Crippen LogP contribution in [-0.4, -0.2) is 42.4 Å². The lowest BCUT2D eigenvalue weighted by molar-refractivity contribution is 0.380. The molecule has 180 valence electrons. The smallest absolute Gasteiger partial charge is 0.227 e. The normalized spacial score (nSPS) is 20.3. The molecule has 0 amide bonds. The molecule has 6 nitrogen and oxygen atoms in total. The molecule has 1 aliphatic heterocycles. The largest absolute Gasteiger partial charge is 0.491 e. The molecule has 1 saturated heterocycles. The molecular weight excluding hydrogens is 410 g/mol. The number of allylic oxidation sites excluding steroid dienone is 3. The quantitative estimate of drug-likeness (QED) is 0.478. The van der Waals surface area contributed by atoms with E-state index >= 15 is 0 Å². The average molecular weight is 452 g/mol. The van der Waals surface area contributed by atoms with Crippen LogP contribution < -0.4 is 15.0 Å². The number of rotatable bonds is 8. The summed E-state index contributed by atoms with van der Waals surface area (Å²) in [6, 6.07) is 0.205. The Kier molecular flexibility index (Phi) is 8.70. The van der Waals surface area contributed by atoms with Gasteiger partial charge < -0.3 is 15.0 Å². The Morgan fingerprint density at radius 2 is 2.00 bits per heavy atom. The minimum absolute atomic E-state index is 0.154. The van der Waals surface area contributed by atoms with Crippen LogP contribution in [0.4, 0.5) is 11.8 Å². The molecule has 0 radical (unpaired) electrons. The fourth-order valence-electron chi connectivity index (χ4n) is 4.42. The third-order valence-corrected chi connectivity index (χ3v) is 6.74. The van der Waals surface area contributed by atoms with Gasteiger partial charge in [-0.2, -0.15) is 4.98 Å². The second kappa shape index (κ2) is 11.5. The molecule has 1 aromatic rings. The number of ether oxygens (including phenoxy) is 1. The van der Waals surface area contributed by atoms with Crippen molar-refractivity contribution in [2.24, 2.45) is 16.3 Å². The lowest BCUT2D eigenvalue weighted by Gasteiger charge is -2.33. The first kappa shape index (κ1) is 25.0. The number of anilines is 2. The van der Waals surface area contributed by atoms with E-state index in [0.717, 1.165) is 43.6 Å². The first-order valence-corrected chi connectivity index (χ1v) is 12.2. The highest BCUT2D eigenvalue weighted by atomic mass is 16.5. The maximum absolute atomic E-state index is 5.59. The van der Waals surface area contributed by atoms with Crippen LogP contribution in [0.2, 0.25) is 0 Å². The fourth-order valence-corrected chi connectivity index (χ4v) is 4.42. The van der Waals surface area contributed by atoms with Crippen LogP contribution in [0.5, 0.6) is 5.75 Å². The molecular formula is C27H41N5O. The summed E-state index contributed by atoms with van der Waals surface area (Å²) in [6.45, 7) is 12.9. The molecule has 33 heavy (non-hydrogen) atoms. The predicted molar refractivity (Wildman–Crippen MR) is 139 cm³/mol. The highest BCUT2D eigenvalue weighted by molar-refractivity contribution is 5.55. The van der Waals surface area contributed by atoms with Crippen molar-refractivity contribution in [1.29, 1.82) is 0 Å². The molecule has 2 aliphatic rings. The average Bonchev–Trinajstić information content (AvgIpc) is 2.80. The van der Waals surface area contributed by atoms with E-state index in [-0.39, 0.29) is 11.5 Å². The maximum Gasteiger partial charge on any atom is 0.227 e. The SMILES string of the molecule is CC=N/C=C\CCC1CCN(c2ncc(OC)c(NC3CC(C(C)(C)C)=CC=C3C)n2)CC1. The number of aromatic nitrogens is 2. The second-order valence-electron chi connectivity index (χ2n) is 10.1. The van der Waals surface area contributed by atoms with Crippen molar-refractivity contribution in [1.82, 2.24) is 9.97 Å². The first-order valence-electron chi connectivity index (χ1n) is 12.2. The van der Waals surface area contributed by atoms with E-state index < -0.39 is 0 Å². The van der Waals surface area contributed by atoms with E-state index in [9.17, 15) is 0 Å². The van der Waals surface area contributed by atoms with Crippen molar-refractivity contribution < 1.29 is 4.74 Å². The summed E-state index contributed by atoms with van der Waals surface area (Å²) >= 11 is 0. The van der Waals surface area contributed by atoms with Gasteiger partial charge in [0.05, 0.1) is 19.3 Å². The van der Waals surface area contributed by atoms with Gasteiger partial charge in [0.15, 0.2) is 11.6 Å². The van der Waals surface area contributed by atoms with E-state index in [1.165, 1.54) is 30.4 Å². The fraction of sp³-hybridized carbons (Fsp3) is 0.593. The summed E-state index contributed by atoms with van der Waals surface area (Å²) < 4.78 is 5.59. The summed E-state index contributed by atoms with van der Waals surface area (Å²) in [6.07, 6.45) is 17.8. The Morgan fingerprint density at radius 1 is 1.24 bits per heavy atom. The standard InChI is InChI=1S/C27H41N5O/c1-7-28-15-9-8-10-21-13-16-32(17-14-21)26-29-19-24(33-6)25(31-26)30-23-18-22(27(3,4)5)12-11-20(23)2/h7,9,11-12,15,19,21,23H,8,10,13-14,16-18H2,1-6H3,(H,29,30,31)/b15-9-,28-7?. The van der Waals surface area contributed by atoms with E-state index in [1.54, 1.807) is 13.3 Å². The summed E-state index contributed by atoms with van der Waals surface area (Å²) in [5, 5.41) is 3.65. The van der Waals surface area contributed by atoms with Gasteiger partial charge >= 0.3 is 0 Å². The molecule has 0 spiro atoms. The molecule has 0 saturated carbocycles. The Hall–Kier alpha value is -2.63. The Balaban J connectivity index is 1.64. The number of nitrogens with one attached hydrogen (secondary N) is 1. The number of aliphatic imine (C=N–C) groups is 1. The Morgan fingerprint density at radius 3 is 2.67 bits per heavy atom. The van der Waals surface area contributed by atoms with Gasteiger partial charge in [-0.3, -0.25) is 4.99 Å². The number of piperidine rings is 1. The molecule has 2 heterocycles. The van der Waals surface area contributed by atoms with Gasteiger partial charge in [0.25, 0.3) is 0 Å². The minimum atomic E-state index is 0.154. The van der Waals surface area contributed by atoms with Crippen LogP contribution >= 0.6 is 0 Å². The number of methoxy groups -OCH3 is 1. The maximum atomic E-state index is 5.59. The topological polar surface area (TPSA) is 62.6 Å². The molecule has 1 fully saturated rings. The Bertz CT molecular complexity index is 902. The molecule has 1 aromatic heterocycles. The van der Waals surface area contributed by atoms with Crippen LogP contribution in [0, 0.1) is 11.3 Å². The lowest BCUT2D eigenvalue weighted by atomic mass is 9.79. The zero-order chi connectivity index (χ0) is 23.8. The van der Waals surface area contributed by atoms with Crippen molar-refractivity contribution >= 4 is 18.0 Å². The lowest BCUT2D eigenvalue weighted by Crippen LogP contribution is -2.35. The molecule has 0 aromatic carbocycles. The molecule has 1 N–H and O–H groups in total. The summed E-state index contributed by atoms with van der Waals surface area (Å²) in [4.78, 5) is 16.0. The molecule has 1 unspecified atom stereocenters. The second-order valence-corrected chi connectivity index (χ2v) is 10.1. The van der Waals surface area contributed by atoms with Gasteiger partial charge in [0.1, 0.15) is 0 Å². The van der Waals surface area contributed by atoms with Crippen LogP contribution in [0.25, 0.3) is 0 Å². The van der Waals surface area contributed by atoms with Gasteiger partial charge in [-0.05, 0) is 57.3 Å². The van der Waals surface area contributed by atoms with Crippen molar-refractivity contribution in [3.8, 4) is 5.75 Å². The monoisotopic (exact) mass is 451 g/mol. The minimum Gasteiger partial charge on any atom is -0.491 e.